The van der Waals surface area contributed by atoms with Crippen molar-refractivity contribution in [1.82, 2.24) is 4.72 Å². The lowest BCUT2D eigenvalue weighted by Gasteiger charge is -2.18. The Morgan fingerprint density at radius 2 is 1.74 bits per heavy atom. The Hall–Kier alpha value is -2.02. The fraction of sp³-hybridized carbons (Fsp3) is 0.0588. The highest BCUT2D eigenvalue weighted by Crippen LogP contribution is 2.28. The van der Waals surface area contributed by atoms with E-state index in [1.165, 1.54) is 29.5 Å². The van der Waals surface area contributed by atoms with E-state index in [0.717, 1.165) is 16.5 Å². The van der Waals surface area contributed by atoms with E-state index in [9.17, 15) is 12.8 Å². The first kappa shape index (κ1) is 15.9. The molecule has 0 spiro atoms. The average molecular weight is 347 g/mol. The van der Waals surface area contributed by atoms with E-state index in [1.807, 2.05) is 47.8 Å². The molecule has 2 aromatic carbocycles. The van der Waals surface area contributed by atoms with Gasteiger partial charge in [-0.15, -0.1) is 11.3 Å². The summed E-state index contributed by atoms with van der Waals surface area (Å²) in [5, 5.41) is 1.89. The minimum atomic E-state index is -3.84. The van der Waals surface area contributed by atoms with Gasteiger partial charge >= 0.3 is 0 Å². The van der Waals surface area contributed by atoms with Crippen LogP contribution in [0.2, 0.25) is 0 Å². The van der Waals surface area contributed by atoms with Crippen LogP contribution >= 0.6 is 11.3 Å². The van der Waals surface area contributed by atoms with Crippen LogP contribution in [0.1, 0.15) is 16.5 Å². The fourth-order valence-electron chi connectivity index (χ4n) is 2.25. The Balaban J connectivity index is 1.99. The molecule has 3 aromatic rings. The molecule has 1 heterocycles. The molecule has 0 unspecified atom stereocenters. The third-order valence-electron chi connectivity index (χ3n) is 3.34. The lowest BCUT2D eigenvalue weighted by Crippen LogP contribution is -2.29. The van der Waals surface area contributed by atoms with Gasteiger partial charge in [0, 0.05) is 4.88 Å². The molecular formula is C17H14FNO2S2. The van der Waals surface area contributed by atoms with Crippen LogP contribution in [0.25, 0.3) is 0 Å². The maximum Gasteiger partial charge on any atom is 0.241 e. The molecule has 0 saturated carbocycles. The third kappa shape index (κ3) is 3.67. The van der Waals surface area contributed by atoms with Gasteiger partial charge in [-0.25, -0.2) is 12.8 Å². The van der Waals surface area contributed by atoms with Crippen LogP contribution in [-0.2, 0) is 10.0 Å². The van der Waals surface area contributed by atoms with Crippen molar-refractivity contribution in [2.24, 2.45) is 0 Å². The number of benzene rings is 2. The van der Waals surface area contributed by atoms with Crippen molar-refractivity contribution >= 4 is 21.4 Å². The lowest BCUT2D eigenvalue weighted by atomic mass is 10.1. The number of halogens is 1. The highest BCUT2D eigenvalue weighted by Gasteiger charge is 2.23. The van der Waals surface area contributed by atoms with Gasteiger partial charge in [-0.2, -0.15) is 4.72 Å². The zero-order chi connectivity index (χ0) is 16.3. The predicted octanol–water partition coefficient (Wildman–Crippen LogP) is 3.96. The SMILES string of the molecule is O=S(=O)(N[C@@H](c1ccccc1)c1cccs1)c1cccc(F)c1. The third-order valence-corrected chi connectivity index (χ3v) is 5.70. The Bertz CT molecular complexity index is 878. The summed E-state index contributed by atoms with van der Waals surface area (Å²) in [6.07, 6.45) is 0. The molecule has 0 fully saturated rings. The molecule has 1 N–H and O–H groups in total. The molecule has 0 aliphatic rings. The van der Waals surface area contributed by atoms with E-state index in [0.29, 0.717) is 0 Å². The summed E-state index contributed by atoms with van der Waals surface area (Å²) >= 11 is 1.46. The minimum Gasteiger partial charge on any atom is -0.207 e. The van der Waals surface area contributed by atoms with Gasteiger partial charge in [-0.1, -0.05) is 42.5 Å². The Kier molecular flexibility index (Phi) is 4.56. The number of sulfonamides is 1. The van der Waals surface area contributed by atoms with Gasteiger partial charge in [0.05, 0.1) is 10.9 Å². The summed E-state index contributed by atoms with van der Waals surface area (Å²) in [7, 11) is -3.84. The molecule has 0 amide bonds. The van der Waals surface area contributed by atoms with Gasteiger partial charge in [0.1, 0.15) is 5.82 Å². The van der Waals surface area contributed by atoms with Crippen molar-refractivity contribution in [3.63, 3.8) is 0 Å². The smallest absolute Gasteiger partial charge is 0.207 e. The molecule has 0 aliphatic heterocycles. The number of rotatable bonds is 5. The van der Waals surface area contributed by atoms with E-state index >= 15 is 0 Å². The highest BCUT2D eigenvalue weighted by atomic mass is 32.2. The molecule has 3 nitrogen and oxygen atoms in total. The summed E-state index contributed by atoms with van der Waals surface area (Å²) in [6.45, 7) is 0. The standard InChI is InChI=1S/C17H14FNO2S2/c18-14-8-4-9-15(12-14)23(20,21)19-17(16-10-5-11-22-16)13-6-2-1-3-7-13/h1-12,17,19H/t17-/m0/s1. The molecule has 118 valence electrons. The molecule has 6 heteroatoms. The Morgan fingerprint density at radius 1 is 0.957 bits per heavy atom. The van der Waals surface area contributed by atoms with Gasteiger partial charge in [0.2, 0.25) is 10.0 Å². The first-order valence-corrected chi connectivity index (χ1v) is 9.29. The maximum atomic E-state index is 13.3. The first-order valence-electron chi connectivity index (χ1n) is 6.92. The molecule has 1 atom stereocenters. The van der Waals surface area contributed by atoms with E-state index in [1.54, 1.807) is 0 Å². The van der Waals surface area contributed by atoms with Gasteiger partial charge in [-0.3, -0.25) is 0 Å². The van der Waals surface area contributed by atoms with Crippen LogP contribution in [0, 0.1) is 5.82 Å². The maximum absolute atomic E-state index is 13.3. The van der Waals surface area contributed by atoms with Crippen molar-refractivity contribution < 1.29 is 12.8 Å². The van der Waals surface area contributed by atoms with Crippen LogP contribution in [0.15, 0.2) is 77.0 Å². The van der Waals surface area contributed by atoms with Gasteiger partial charge in [0.25, 0.3) is 0 Å². The monoisotopic (exact) mass is 347 g/mol. The topological polar surface area (TPSA) is 46.2 Å². The summed E-state index contributed by atoms with van der Waals surface area (Å²) < 4.78 is 41.2. The summed E-state index contributed by atoms with van der Waals surface area (Å²) in [4.78, 5) is 0.783. The summed E-state index contributed by atoms with van der Waals surface area (Å²) in [5.74, 6) is -0.583. The summed E-state index contributed by atoms with van der Waals surface area (Å²) in [6, 6.07) is 17.5. The molecule has 0 aliphatic carbocycles. The molecular weight excluding hydrogens is 333 g/mol. The van der Waals surface area contributed by atoms with E-state index in [4.69, 9.17) is 0 Å². The zero-order valence-electron chi connectivity index (χ0n) is 12.0. The molecule has 1 aromatic heterocycles. The average Bonchev–Trinajstić information content (AvgIpc) is 3.08. The van der Waals surface area contributed by atoms with Crippen molar-refractivity contribution in [3.05, 3.63) is 88.4 Å². The van der Waals surface area contributed by atoms with Crippen LogP contribution in [-0.4, -0.2) is 8.42 Å². The second kappa shape index (κ2) is 6.62. The van der Waals surface area contributed by atoms with Crippen LogP contribution in [0.5, 0.6) is 0 Å². The van der Waals surface area contributed by atoms with Crippen molar-refractivity contribution in [2.45, 2.75) is 10.9 Å². The molecule has 3 rings (SSSR count). The van der Waals surface area contributed by atoms with E-state index in [-0.39, 0.29) is 4.90 Å². The van der Waals surface area contributed by atoms with Gasteiger partial charge < -0.3 is 0 Å². The lowest BCUT2D eigenvalue weighted by molar-refractivity contribution is 0.570. The number of hydrogen-bond acceptors (Lipinski definition) is 3. The number of hydrogen-bond donors (Lipinski definition) is 1. The summed E-state index contributed by atoms with van der Waals surface area (Å²) in [5.41, 5.74) is 0.829. The quantitative estimate of drug-likeness (QED) is 0.759. The van der Waals surface area contributed by atoms with Crippen molar-refractivity contribution in [1.29, 1.82) is 0 Å². The van der Waals surface area contributed by atoms with Gasteiger partial charge in [0.15, 0.2) is 0 Å². The predicted molar refractivity (Wildman–Crippen MR) is 89.3 cm³/mol. The van der Waals surface area contributed by atoms with Crippen molar-refractivity contribution in [2.75, 3.05) is 0 Å². The number of nitrogens with one attached hydrogen (secondary N) is 1. The molecule has 0 saturated heterocycles. The zero-order valence-corrected chi connectivity index (χ0v) is 13.6. The van der Waals surface area contributed by atoms with E-state index < -0.39 is 21.9 Å². The Labute approximate surface area is 138 Å². The minimum absolute atomic E-state index is 0.0880. The van der Waals surface area contributed by atoms with Crippen molar-refractivity contribution in [3.8, 4) is 0 Å². The van der Waals surface area contributed by atoms with Crippen LogP contribution in [0.4, 0.5) is 4.39 Å². The second-order valence-corrected chi connectivity index (χ2v) is 7.63. The first-order chi connectivity index (χ1) is 11.1. The normalized spacial score (nSPS) is 12.9. The van der Waals surface area contributed by atoms with E-state index in [2.05, 4.69) is 4.72 Å². The van der Waals surface area contributed by atoms with Crippen LogP contribution < -0.4 is 4.72 Å². The second-order valence-electron chi connectivity index (χ2n) is 4.94. The largest absolute Gasteiger partial charge is 0.241 e. The molecule has 23 heavy (non-hydrogen) atoms. The number of thiophene rings is 1. The van der Waals surface area contributed by atoms with Crippen LogP contribution in [0.3, 0.4) is 0 Å². The van der Waals surface area contributed by atoms with Gasteiger partial charge in [-0.05, 0) is 35.2 Å². The fourth-order valence-corrected chi connectivity index (χ4v) is 4.36. The Morgan fingerprint density at radius 3 is 2.39 bits per heavy atom. The molecule has 0 bridgehead atoms. The highest BCUT2D eigenvalue weighted by molar-refractivity contribution is 7.89. The molecule has 0 radical (unpaired) electrons.